The van der Waals surface area contributed by atoms with E-state index >= 15 is 0 Å². The Balaban J connectivity index is 1.63. The first-order valence-corrected chi connectivity index (χ1v) is 14.8. The molecular formula is C32H47N5O2. The summed E-state index contributed by atoms with van der Waals surface area (Å²) in [5.74, 6) is 2.88. The molecule has 39 heavy (non-hydrogen) atoms. The van der Waals surface area contributed by atoms with Gasteiger partial charge in [0, 0.05) is 43.9 Å². The molecule has 3 heterocycles. The normalized spacial score (nSPS) is 14.1. The Kier molecular flexibility index (Phi) is 10.4. The Morgan fingerprint density at radius 2 is 1.72 bits per heavy atom. The van der Waals surface area contributed by atoms with Crippen LogP contribution in [-0.2, 0) is 13.0 Å². The van der Waals surface area contributed by atoms with Crippen LogP contribution in [0.4, 0.5) is 0 Å². The molecule has 1 aromatic carbocycles. The maximum atomic E-state index is 13.8. The van der Waals surface area contributed by atoms with E-state index in [1.807, 2.05) is 24.3 Å². The van der Waals surface area contributed by atoms with Crippen LogP contribution >= 0.6 is 0 Å². The Labute approximate surface area is 234 Å². The molecule has 4 rings (SSSR count). The number of fused-ring (bicyclic) bond motifs is 1. The van der Waals surface area contributed by atoms with E-state index in [1.54, 1.807) is 13.3 Å². The topological polar surface area (TPSA) is 63.5 Å². The summed E-state index contributed by atoms with van der Waals surface area (Å²) in [6.45, 7) is 14.9. The van der Waals surface area contributed by atoms with Gasteiger partial charge in [-0.2, -0.15) is 0 Å². The molecule has 0 N–H and O–H groups in total. The maximum Gasteiger partial charge on any atom is 0.253 e. The fraction of sp³-hybridized carbons (Fsp3) is 0.594. The molecule has 1 aliphatic rings. The molecular weight excluding hydrogens is 486 g/mol. The number of aromatic nitrogens is 3. The zero-order valence-corrected chi connectivity index (χ0v) is 24.7. The van der Waals surface area contributed by atoms with Crippen LogP contribution in [0.1, 0.15) is 81.5 Å². The largest absolute Gasteiger partial charge is 0.481 e. The number of aryl methyl sites for hydroxylation is 1. The number of pyridine rings is 1. The van der Waals surface area contributed by atoms with E-state index in [0.717, 1.165) is 73.4 Å². The standard InChI is InChI=1S/C32H47N5O2/c1-24(2)12-19-36(20-13-25(3)4)32(38)27-9-10-28-29(23-27)37(18-8-17-35-15-6-7-16-35)30(34-28)21-26-11-14-33-31(22-26)39-5/h9-11,14,22-25H,6-8,12-13,15-21H2,1-5H3. The molecule has 0 atom stereocenters. The van der Waals surface area contributed by atoms with Gasteiger partial charge >= 0.3 is 0 Å². The average molecular weight is 534 g/mol. The van der Waals surface area contributed by atoms with Crippen molar-refractivity contribution in [1.82, 2.24) is 24.3 Å². The number of hydrogen-bond acceptors (Lipinski definition) is 5. The number of methoxy groups -OCH3 is 1. The zero-order chi connectivity index (χ0) is 27.8. The fourth-order valence-electron chi connectivity index (χ4n) is 5.33. The van der Waals surface area contributed by atoms with Gasteiger partial charge in [0.15, 0.2) is 0 Å². The van der Waals surface area contributed by atoms with E-state index in [1.165, 1.54) is 25.9 Å². The Bertz CT molecular complexity index is 1200. The summed E-state index contributed by atoms with van der Waals surface area (Å²) in [6.07, 6.45) is 8.17. The van der Waals surface area contributed by atoms with E-state index in [9.17, 15) is 4.79 Å². The molecule has 1 fully saturated rings. The first kappa shape index (κ1) is 29.1. The number of carbonyl (C=O) groups is 1. The number of likely N-dealkylation sites (tertiary alicyclic amines) is 1. The third kappa shape index (κ3) is 8.04. The summed E-state index contributed by atoms with van der Waals surface area (Å²) >= 11 is 0. The van der Waals surface area contributed by atoms with Gasteiger partial charge in [-0.1, -0.05) is 27.7 Å². The molecule has 7 nitrogen and oxygen atoms in total. The molecule has 0 radical (unpaired) electrons. The predicted octanol–water partition coefficient (Wildman–Crippen LogP) is 6.05. The minimum atomic E-state index is 0.128. The highest BCUT2D eigenvalue weighted by Gasteiger charge is 2.20. The second kappa shape index (κ2) is 13.9. The van der Waals surface area contributed by atoms with Gasteiger partial charge < -0.3 is 19.1 Å². The molecule has 0 aliphatic carbocycles. The van der Waals surface area contributed by atoms with Crippen molar-refractivity contribution in [2.24, 2.45) is 11.8 Å². The Morgan fingerprint density at radius 1 is 1.00 bits per heavy atom. The van der Waals surface area contributed by atoms with Crippen LogP contribution in [0.15, 0.2) is 36.5 Å². The van der Waals surface area contributed by atoms with Gasteiger partial charge in [0.05, 0.1) is 18.1 Å². The van der Waals surface area contributed by atoms with Crippen LogP contribution in [0.25, 0.3) is 11.0 Å². The highest BCUT2D eigenvalue weighted by molar-refractivity contribution is 5.97. The average Bonchev–Trinajstić information content (AvgIpc) is 3.56. The molecule has 7 heteroatoms. The number of benzene rings is 1. The number of hydrogen-bond donors (Lipinski definition) is 0. The van der Waals surface area contributed by atoms with E-state index in [2.05, 4.69) is 53.1 Å². The van der Waals surface area contributed by atoms with Gasteiger partial charge in [0.1, 0.15) is 5.82 Å². The maximum absolute atomic E-state index is 13.8. The number of amides is 1. The van der Waals surface area contributed by atoms with Gasteiger partial charge in [-0.25, -0.2) is 9.97 Å². The summed E-state index contributed by atoms with van der Waals surface area (Å²) < 4.78 is 7.69. The third-order valence-electron chi connectivity index (χ3n) is 7.74. The number of rotatable bonds is 14. The Hall–Kier alpha value is -2.93. The molecule has 0 spiro atoms. The molecule has 0 bridgehead atoms. The zero-order valence-electron chi connectivity index (χ0n) is 24.7. The highest BCUT2D eigenvalue weighted by atomic mass is 16.5. The van der Waals surface area contributed by atoms with Gasteiger partial charge in [-0.15, -0.1) is 0 Å². The van der Waals surface area contributed by atoms with E-state index < -0.39 is 0 Å². The lowest BCUT2D eigenvalue weighted by molar-refractivity contribution is 0.0741. The molecule has 2 aromatic heterocycles. The molecule has 0 unspecified atom stereocenters. The van der Waals surface area contributed by atoms with Crippen molar-refractivity contribution in [1.29, 1.82) is 0 Å². The minimum absolute atomic E-state index is 0.128. The van der Waals surface area contributed by atoms with Crippen LogP contribution < -0.4 is 4.74 Å². The summed E-state index contributed by atoms with van der Waals surface area (Å²) in [7, 11) is 1.64. The van der Waals surface area contributed by atoms with Gasteiger partial charge in [-0.05, 0) is 93.4 Å². The SMILES string of the molecule is COc1cc(Cc2nc3ccc(C(=O)N(CCC(C)C)CCC(C)C)cc3n2CCCN2CCCC2)ccn1. The smallest absolute Gasteiger partial charge is 0.253 e. The summed E-state index contributed by atoms with van der Waals surface area (Å²) in [5.41, 5.74) is 3.86. The van der Waals surface area contributed by atoms with E-state index in [-0.39, 0.29) is 5.91 Å². The van der Waals surface area contributed by atoms with Crippen LogP contribution in [-0.4, -0.2) is 70.1 Å². The van der Waals surface area contributed by atoms with Crippen molar-refractivity contribution in [3.8, 4) is 5.88 Å². The predicted molar refractivity (Wildman–Crippen MR) is 158 cm³/mol. The van der Waals surface area contributed by atoms with Crippen molar-refractivity contribution < 1.29 is 9.53 Å². The first-order chi connectivity index (χ1) is 18.8. The third-order valence-corrected chi connectivity index (χ3v) is 7.74. The molecule has 3 aromatic rings. The van der Waals surface area contributed by atoms with Crippen molar-refractivity contribution >= 4 is 16.9 Å². The van der Waals surface area contributed by atoms with Gasteiger partial charge in [-0.3, -0.25) is 4.79 Å². The number of carbonyl (C=O) groups excluding carboxylic acids is 1. The second-order valence-electron chi connectivity index (χ2n) is 11.8. The fourth-order valence-corrected chi connectivity index (χ4v) is 5.33. The quantitative estimate of drug-likeness (QED) is 0.252. The van der Waals surface area contributed by atoms with E-state index in [4.69, 9.17) is 9.72 Å². The monoisotopic (exact) mass is 533 g/mol. The van der Waals surface area contributed by atoms with Crippen LogP contribution in [0.3, 0.4) is 0 Å². The van der Waals surface area contributed by atoms with Crippen molar-refractivity contribution in [3.63, 3.8) is 0 Å². The number of imidazole rings is 1. The summed E-state index contributed by atoms with van der Waals surface area (Å²) in [4.78, 5) is 27.7. The minimum Gasteiger partial charge on any atom is -0.481 e. The number of ether oxygens (including phenoxy) is 1. The second-order valence-corrected chi connectivity index (χ2v) is 11.8. The summed E-state index contributed by atoms with van der Waals surface area (Å²) in [5, 5.41) is 0. The number of nitrogens with zero attached hydrogens (tertiary/aromatic N) is 5. The van der Waals surface area contributed by atoms with Crippen LogP contribution in [0.5, 0.6) is 5.88 Å². The highest BCUT2D eigenvalue weighted by Crippen LogP contribution is 2.23. The van der Waals surface area contributed by atoms with Crippen LogP contribution in [0, 0.1) is 11.8 Å². The lowest BCUT2D eigenvalue weighted by atomic mass is 10.1. The van der Waals surface area contributed by atoms with Crippen molar-refractivity contribution in [2.75, 3.05) is 39.8 Å². The molecule has 1 aliphatic heterocycles. The molecule has 1 amide bonds. The van der Waals surface area contributed by atoms with Crippen LogP contribution in [0.2, 0.25) is 0 Å². The lowest BCUT2D eigenvalue weighted by Gasteiger charge is -2.25. The molecule has 212 valence electrons. The summed E-state index contributed by atoms with van der Waals surface area (Å²) in [6, 6.07) is 10.1. The van der Waals surface area contributed by atoms with Crippen molar-refractivity contribution in [2.45, 2.75) is 72.8 Å². The first-order valence-electron chi connectivity index (χ1n) is 14.8. The van der Waals surface area contributed by atoms with Crippen molar-refractivity contribution in [3.05, 3.63) is 53.5 Å². The lowest BCUT2D eigenvalue weighted by Crippen LogP contribution is -2.34. The molecule has 0 saturated carbocycles. The van der Waals surface area contributed by atoms with Gasteiger partial charge in [0.25, 0.3) is 5.91 Å². The molecule has 1 saturated heterocycles. The van der Waals surface area contributed by atoms with E-state index in [0.29, 0.717) is 24.1 Å². The van der Waals surface area contributed by atoms with Gasteiger partial charge in [0.2, 0.25) is 5.88 Å². The Morgan fingerprint density at radius 3 is 2.38 bits per heavy atom.